The lowest BCUT2D eigenvalue weighted by Gasteiger charge is -2.11. The number of anilines is 1. The number of para-hydroxylation sites is 1. The Kier molecular flexibility index (Phi) is 6.47. The van der Waals surface area contributed by atoms with Crippen LogP contribution in [0.2, 0.25) is 5.02 Å². The van der Waals surface area contributed by atoms with Crippen molar-refractivity contribution in [3.05, 3.63) is 52.5 Å². The summed E-state index contributed by atoms with van der Waals surface area (Å²) in [6, 6.07) is 7.19. The van der Waals surface area contributed by atoms with Gasteiger partial charge in [0.1, 0.15) is 0 Å². The van der Waals surface area contributed by atoms with Gasteiger partial charge in [-0.1, -0.05) is 17.7 Å². The van der Waals surface area contributed by atoms with Crippen molar-refractivity contribution in [2.75, 3.05) is 12.4 Å². The Bertz CT molecular complexity index is 932. The van der Waals surface area contributed by atoms with Gasteiger partial charge in [-0.05, 0) is 30.3 Å². The van der Waals surface area contributed by atoms with E-state index in [2.05, 4.69) is 5.10 Å². The number of alkyl halides is 3. The summed E-state index contributed by atoms with van der Waals surface area (Å²) in [7, 11) is 1.35. The number of rotatable bonds is 4. The van der Waals surface area contributed by atoms with Gasteiger partial charge in [0.25, 0.3) is 0 Å². The molecule has 0 aromatic heterocycles. The Labute approximate surface area is 161 Å². The number of ether oxygens (including phenoxy) is 1. The van der Waals surface area contributed by atoms with Crippen molar-refractivity contribution in [2.45, 2.75) is 6.18 Å². The molecule has 0 aliphatic carbocycles. The van der Waals surface area contributed by atoms with Gasteiger partial charge >= 0.3 is 18.0 Å². The predicted molar refractivity (Wildman–Crippen MR) is 95.5 cm³/mol. The third kappa shape index (κ3) is 5.13. The number of hydrogen-bond donors (Lipinski definition) is 3. The minimum atomic E-state index is -4.72. The van der Waals surface area contributed by atoms with E-state index >= 15 is 0 Å². The highest BCUT2D eigenvalue weighted by molar-refractivity contribution is 6.39. The molecule has 0 atom stereocenters. The van der Waals surface area contributed by atoms with Gasteiger partial charge in [0.2, 0.25) is 0 Å². The molecule has 0 aliphatic rings. The van der Waals surface area contributed by atoms with E-state index in [1.807, 2.05) is 10.7 Å². The molecule has 3 N–H and O–H groups in total. The second kappa shape index (κ2) is 8.61. The van der Waals surface area contributed by atoms with Gasteiger partial charge in [0, 0.05) is 11.3 Å². The zero-order valence-corrected chi connectivity index (χ0v) is 14.9. The number of phenols is 1. The van der Waals surface area contributed by atoms with Gasteiger partial charge < -0.3 is 15.2 Å². The van der Waals surface area contributed by atoms with E-state index in [1.54, 1.807) is 6.07 Å². The lowest BCUT2D eigenvalue weighted by molar-refractivity contribution is -0.137. The molecule has 148 valence electrons. The lowest BCUT2D eigenvalue weighted by Crippen LogP contribution is -2.32. The number of phenolic OH excluding ortho intramolecular Hbond substituents is 1. The van der Waals surface area contributed by atoms with Crippen LogP contribution in [0.25, 0.3) is 0 Å². The maximum Gasteiger partial charge on any atom is 0.417 e. The van der Waals surface area contributed by atoms with Crippen molar-refractivity contribution in [3.8, 4) is 11.5 Å². The fourth-order valence-electron chi connectivity index (χ4n) is 2.03. The summed E-state index contributed by atoms with van der Waals surface area (Å²) in [6.07, 6.45) is -3.66. The minimum Gasteiger partial charge on any atom is -0.504 e. The summed E-state index contributed by atoms with van der Waals surface area (Å²) in [5, 5.41) is 14.8. The Morgan fingerprint density at radius 3 is 2.57 bits per heavy atom. The Balaban J connectivity index is 2.03. The van der Waals surface area contributed by atoms with Crippen molar-refractivity contribution >= 4 is 35.3 Å². The number of hydrogen-bond acceptors (Lipinski definition) is 5. The monoisotopic (exact) mass is 415 g/mol. The number of halogens is 4. The molecule has 0 aliphatic heterocycles. The Morgan fingerprint density at radius 1 is 1.21 bits per heavy atom. The van der Waals surface area contributed by atoms with E-state index in [0.29, 0.717) is 6.07 Å². The van der Waals surface area contributed by atoms with Crippen molar-refractivity contribution < 1.29 is 32.6 Å². The molecule has 0 radical (unpaired) electrons. The van der Waals surface area contributed by atoms with E-state index < -0.39 is 28.6 Å². The zero-order chi connectivity index (χ0) is 20.9. The predicted octanol–water partition coefficient (Wildman–Crippen LogP) is 3.16. The first-order valence-corrected chi connectivity index (χ1v) is 7.88. The van der Waals surface area contributed by atoms with Crippen LogP contribution in [-0.2, 0) is 15.8 Å². The van der Waals surface area contributed by atoms with Crippen LogP contribution >= 0.6 is 11.6 Å². The molecule has 0 heterocycles. The summed E-state index contributed by atoms with van der Waals surface area (Å²) < 4.78 is 43.3. The molecule has 0 unspecified atom stereocenters. The second-order valence-electron chi connectivity index (χ2n) is 5.24. The molecule has 0 saturated heterocycles. The maximum absolute atomic E-state index is 12.8. The van der Waals surface area contributed by atoms with Crippen molar-refractivity contribution in [2.24, 2.45) is 5.10 Å². The highest BCUT2D eigenvalue weighted by atomic mass is 35.5. The fourth-order valence-corrected chi connectivity index (χ4v) is 2.25. The molecular weight excluding hydrogens is 403 g/mol. The van der Waals surface area contributed by atoms with E-state index in [-0.39, 0.29) is 22.7 Å². The maximum atomic E-state index is 12.8. The quantitative estimate of drug-likeness (QED) is 0.405. The van der Waals surface area contributed by atoms with Crippen LogP contribution < -0.4 is 15.5 Å². The number of nitrogens with one attached hydrogen (secondary N) is 2. The smallest absolute Gasteiger partial charge is 0.417 e. The average Bonchev–Trinajstić information content (AvgIpc) is 2.63. The number of hydrazone groups is 1. The minimum absolute atomic E-state index is 0.177. The number of amides is 2. The molecule has 2 aromatic rings. The molecule has 0 fully saturated rings. The third-order valence-corrected chi connectivity index (χ3v) is 3.69. The Morgan fingerprint density at radius 2 is 1.93 bits per heavy atom. The van der Waals surface area contributed by atoms with E-state index in [0.717, 1.165) is 18.3 Å². The zero-order valence-electron chi connectivity index (χ0n) is 14.2. The van der Waals surface area contributed by atoms with Gasteiger partial charge in [-0.2, -0.15) is 18.3 Å². The molecule has 0 bridgehead atoms. The molecule has 28 heavy (non-hydrogen) atoms. The van der Waals surface area contributed by atoms with E-state index in [4.69, 9.17) is 16.3 Å². The SMILES string of the molecule is COc1cccc(/C=N\NC(=O)C(=O)Nc2ccc(Cl)c(C(F)(F)F)c2)c1O. The summed E-state index contributed by atoms with van der Waals surface area (Å²) in [5.41, 5.74) is 0.666. The first-order chi connectivity index (χ1) is 13.1. The number of aromatic hydroxyl groups is 1. The molecular formula is C17H13ClF3N3O4. The molecule has 2 aromatic carbocycles. The van der Waals surface area contributed by atoms with Crippen LogP contribution in [0.1, 0.15) is 11.1 Å². The average molecular weight is 416 g/mol. The van der Waals surface area contributed by atoms with Crippen molar-refractivity contribution in [1.82, 2.24) is 5.43 Å². The standard InChI is InChI=1S/C17H13ClF3N3O4/c1-28-13-4-2-3-9(14(13)25)8-22-24-16(27)15(26)23-10-5-6-12(18)11(7-10)17(19,20)21/h2-8,25H,1H3,(H,23,26)(H,24,27)/b22-8-. The van der Waals surface area contributed by atoms with Crippen LogP contribution in [0.15, 0.2) is 41.5 Å². The first kappa shape index (κ1) is 21.0. The molecule has 0 spiro atoms. The highest BCUT2D eigenvalue weighted by Gasteiger charge is 2.33. The fraction of sp³-hybridized carbons (Fsp3) is 0.118. The van der Waals surface area contributed by atoms with Crippen LogP contribution in [0.4, 0.5) is 18.9 Å². The molecule has 0 saturated carbocycles. The summed E-state index contributed by atoms with van der Waals surface area (Å²) in [4.78, 5) is 23.5. The molecule has 2 amide bonds. The van der Waals surface area contributed by atoms with Gasteiger partial charge in [-0.3, -0.25) is 9.59 Å². The van der Waals surface area contributed by atoms with Crippen molar-refractivity contribution in [3.63, 3.8) is 0 Å². The molecule has 11 heteroatoms. The summed E-state index contributed by atoms with van der Waals surface area (Å²) in [5.74, 6) is -2.53. The van der Waals surface area contributed by atoms with Gasteiger partial charge in [0.05, 0.1) is 23.9 Å². The second-order valence-corrected chi connectivity index (χ2v) is 5.65. The largest absolute Gasteiger partial charge is 0.504 e. The number of nitrogens with zero attached hydrogens (tertiary/aromatic N) is 1. The Hall–Kier alpha value is -3.27. The van der Waals surface area contributed by atoms with E-state index in [9.17, 15) is 27.9 Å². The molecule has 2 rings (SSSR count). The van der Waals surface area contributed by atoms with E-state index in [1.165, 1.54) is 19.2 Å². The third-order valence-electron chi connectivity index (χ3n) is 3.36. The van der Waals surface area contributed by atoms with Crippen LogP contribution in [0.5, 0.6) is 11.5 Å². The van der Waals surface area contributed by atoms with Crippen molar-refractivity contribution in [1.29, 1.82) is 0 Å². The summed E-state index contributed by atoms with van der Waals surface area (Å²) in [6.45, 7) is 0. The first-order valence-electron chi connectivity index (χ1n) is 7.50. The van der Waals surface area contributed by atoms with Gasteiger partial charge in [-0.15, -0.1) is 0 Å². The summed E-state index contributed by atoms with van der Waals surface area (Å²) >= 11 is 5.48. The topological polar surface area (TPSA) is 100 Å². The normalized spacial score (nSPS) is 11.3. The number of methoxy groups -OCH3 is 1. The number of benzene rings is 2. The van der Waals surface area contributed by atoms with Crippen LogP contribution in [0, 0.1) is 0 Å². The number of carbonyl (C=O) groups is 2. The lowest BCUT2D eigenvalue weighted by atomic mass is 10.2. The van der Waals surface area contributed by atoms with Gasteiger partial charge in [-0.25, -0.2) is 5.43 Å². The van der Waals surface area contributed by atoms with Crippen LogP contribution in [-0.4, -0.2) is 30.2 Å². The molecule has 7 nitrogen and oxygen atoms in total. The van der Waals surface area contributed by atoms with Crippen LogP contribution in [0.3, 0.4) is 0 Å². The number of carbonyl (C=O) groups excluding carboxylic acids is 2. The highest BCUT2D eigenvalue weighted by Crippen LogP contribution is 2.36. The van der Waals surface area contributed by atoms with Gasteiger partial charge in [0.15, 0.2) is 11.5 Å².